The minimum atomic E-state index is -0.466. The van der Waals surface area contributed by atoms with Crippen LogP contribution in [0.4, 0.5) is 0 Å². The second kappa shape index (κ2) is 10.5. The summed E-state index contributed by atoms with van der Waals surface area (Å²) in [6, 6.07) is 5.76. The van der Waals surface area contributed by atoms with Gasteiger partial charge in [0.25, 0.3) is 5.56 Å². The van der Waals surface area contributed by atoms with Crippen LogP contribution in [0.15, 0.2) is 32.8 Å². The van der Waals surface area contributed by atoms with E-state index in [4.69, 9.17) is 9.47 Å². The standard InChI is InChI=1S/C24H29N5O5S/c1-14(2)12-29-21-20(23(31)28(4)24(29)32)22(27-15(3)26-21)35-13-19(30)25-8-7-16-5-6-17-18(11-16)34-10-9-33-17/h5-6,11,14H,7-10,12-13H2,1-4H3,(H,25,30). The van der Waals surface area contributed by atoms with E-state index >= 15 is 0 Å². The molecule has 35 heavy (non-hydrogen) atoms. The zero-order valence-corrected chi connectivity index (χ0v) is 21.1. The molecule has 2 aromatic heterocycles. The molecule has 11 heteroatoms. The predicted molar refractivity (Wildman–Crippen MR) is 133 cm³/mol. The molecule has 0 atom stereocenters. The van der Waals surface area contributed by atoms with Crippen LogP contribution in [0.2, 0.25) is 0 Å². The molecular weight excluding hydrogens is 470 g/mol. The van der Waals surface area contributed by atoms with Gasteiger partial charge in [0.05, 0.1) is 5.75 Å². The Bertz CT molecular complexity index is 1380. The minimum Gasteiger partial charge on any atom is -0.486 e. The van der Waals surface area contributed by atoms with Gasteiger partial charge in [-0.3, -0.25) is 18.7 Å². The average Bonchev–Trinajstić information content (AvgIpc) is 2.83. The van der Waals surface area contributed by atoms with Crippen molar-refractivity contribution in [2.75, 3.05) is 25.5 Å². The molecule has 3 heterocycles. The molecule has 10 nitrogen and oxygen atoms in total. The number of carbonyl (C=O) groups is 1. The fraction of sp³-hybridized carbons (Fsp3) is 0.458. The number of aryl methyl sites for hydroxylation is 1. The molecule has 0 bridgehead atoms. The average molecular weight is 500 g/mol. The van der Waals surface area contributed by atoms with E-state index in [1.54, 1.807) is 6.92 Å². The van der Waals surface area contributed by atoms with Gasteiger partial charge in [-0.2, -0.15) is 0 Å². The Morgan fingerprint density at radius 2 is 1.91 bits per heavy atom. The molecule has 0 fully saturated rings. The third-order valence-electron chi connectivity index (χ3n) is 5.49. The van der Waals surface area contributed by atoms with Crippen molar-refractivity contribution in [3.63, 3.8) is 0 Å². The largest absolute Gasteiger partial charge is 0.486 e. The highest BCUT2D eigenvalue weighted by Crippen LogP contribution is 2.30. The second-order valence-corrected chi connectivity index (χ2v) is 9.76. The van der Waals surface area contributed by atoms with E-state index in [-0.39, 0.29) is 23.0 Å². The summed E-state index contributed by atoms with van der Waals surface area (Å²) < 4.78 is 13.7. The molecule has 1 amide bonds. The molecule has 0 unspecified atom stereocenters. The number of ether oxygens (including phenoxy) is 2. The minimum absolute atomic E-state index is 0.0825. The van der Waals surface area contributed by atoms with E-state index in [0.29, 0.717) is 49.2 Å². The van der Waals surface area contributed by atoms with Crippen molar-refractivity contribution in [1.82, 2.24) is 24.4 Å². The lowest BCUT2D eigenvalue weighted by Crippen LogP contribution is -2.39. The van der Waals surface area contributed by atoms with Crippen LogP contribution in [0.3, 0.4) is 0 Å². The summed E-state index contributed by atoms with van der Waals surface area (Å²) in [4.78, 5) is 47.0. The number of hydrogen-bond acceptors (Lipinski definition) is 8. The monoisotopic (exact) mass is 499 g/mol. The Morgan fingerprint density at radius 3 is 2.66 bits per heavy atom. The molecule has 1 aliphatic rings. The number of nitrogens with one attached hydrogen (secondary N) is 1. The molecule has 0 saturated heterocycles. The number of fused-ring (bicyclic) bond motifs is 2. The van der Waals surface area contributed by atoms with Crippen molar-refractivity contribution in [3.8, 4) is 11.5 Å². The first-order valence-corrected chi connectivity index (χ1v) is 12.5. The van der Waals surface area contributed by atoms with E-state index < -0.39 is 11.2 Å². The number of amides is 1. The van der Waals surface area contributed by atoms with Crippen LogP contribution in [-0.2, 0) is 24.8 Å². The summed E-state index contributed by atoms with van der Waals surface area (Å²) in [5.74, 6) is 1.98. The highest BCUT2D eigenvalue weighted by atomic mass is 32.2. The number of hydrogen-bond donors (Lipinski definition) is 1. The van der Waals surface area contributed by atoms with Crippen LogP contribution >= 0.6 is 11.8 Å². The summed E-state index contributed by atoms with van der Waals surface area (Å²) in [6.07, 6.45) is 0.643. The fourth-order valence-corrected chi connectivity index (χ4v) is 4.74. The van der Waals surface area contributed by atoms with Gasteiger partial charge in [0, 0.05) is 20.1 Å². The first-order valence-electron chi connectivity index (χ1n) is 11.5. The first-order chi connectivity index (χ1) is 16.7. The maximum atomic E-state index is 12.9. The fourth-order valence-electron chi connectivity index (χ4n) is 3.85. The van der Waals surface area contributed by atoms with E-state index in [2.05, 4.69) is 15.3 Å². The van der Waals surface area contributed by atoms with Crippen LogP contribution in [0.5, 0.6) is 11.5 Å². The lowest BCUT2D eigenvalue weighted by Gasteiger charge is -2.18. The summed E-state index contributed by atoms with van der Waals surface area (Å²) in [6.45, 7) is 7.63. The van der Waals surface area contributed by atoms with Crippen molar-refractivity contribution in [3.05, 3.63) is 50.4 Å². The van der Waals surface area contributed by atoms with Crippen molar-refractivity contribution >= 4 is 28.7 Å². The van der Waals surface area contributed by atoms with Crippen molar-refractivity contribution < 1.29 is 14.3 Å². The Labute approximate surface area is 206 Å². The van der Waals surface area contributed by atoms with Crippen LogP contribution < -0.4 is 26.0 Å². The molecule has 4 rings (SSSR count). The number of thioether (sulfide) groups is 1. The Kier molecular flexibility index (Phi) is 7.44. The zero-order valence-electron chi connectivity index (χ0n) is 20.3. The van der Waals surface area contributed by atoms with Crippen molar-refractivity contribution in [1.29, 1.82) is 0 Å². The quantitative estimate of drug-likeness (QED) is 0.368. The third kappa shape index (κ3) is 5.50. The smallest absolute Gasteiger partial charge is 0.332 e. The van der Waals surface area contributed by atoms with Gasteiger partial charge in [-0.15, -0.1) is 0 Å². The van der Waals surface area contributed by atoms with Gasteiger partial charge in [-0.25, -0.2) is 14.8 Å². The normalized spacial score (nSPS) is 12.8. The Morgan fingerprint density at radius 1 is 1.17 bits per heavy atom. The number of benzene rings is 1. The van der Waals surface area contributed by atoms with E-state index in [0.717, 1.165) is 33.4 Å². The van der Waals surface area contributed by atoms with Gasteiger partial charge in [-0.1, -0.05) is 31.7 Å². The predicted octanol–water partition coefficient (Wildman–Crippen LogP) is 1.68. The molecule has 0 saturated carbocycles. The van der Waals surface area contributed by atoms with Gasteiger partial charge < -0.3 is 14.8 Å². The van der Waals surface area contributed by atoms with Gasteiger partial charge in [-0.05, 0) is 37.0 Å². The third-order valence-corrected chi connectivity index (χ3v) is 6.47. The Hall–Kier alpha value is -3.34. The van der Waals surface area contributed by atoms with Crippen LogP contribution in [0, 0.1) is 12.8 Å². The van der Waals surface area contributed by atoms with Gasteiger partial charge in [0.15, 0.2) is 17.1 Å². The molecule has 186 valence electrons. The summed E-state index contributed by atoms with van der Waals surface area (Å²) in [5, 5.41) is 3.56. The lowest BCUT2D eigenvalue weighted by molar-refractivity contribution is -0.118. The maximum absolute atomic E-state index is 12.9. The summed E-state index contributed by atoms with van der Waals surface area (Å²) in [7, 11) is 1.44. The van der Waals surface area contributed by atoms with Crippen LogP contribution in [0.25, 0.3) is 11.0 Å². The van der Waals surface area contributed by atoms with Crippen molar-refractivity contribution in [2.45, 2.75) is 38.8 Å². The van der Waals surface area contributed by atoms with Crippen LogP contribution in [-0.4, -0.2) is 50.5 Å². The highest BCUT2D eigenvalue weighted by molar-refractivity contribution is 8.00. The van der Waals surface area contributed by atoms with E-state index in [9.17, 15) is 14.4 Å². The maximum Gasteiger partial charge on any atom is 0.332 e. The van der Waals surface area contributed by atoms with Gasteiger partial charge in [0.2, 0.25) is 5.91 Å². The zero-order chi connectivity index (χ0) is 25.1. The van der Waals surface area contributed by atoms with Gasteiger partial charge in [0.1, 0.15) is 29.5 Å². The molecule has 0 aliphatic carbocycles. The SMILES string of the molecule is Cc1nc(SCC(=O)NCCc2ccc3c(c2)OCCO3)c2c(=O)n(C)c(=O)n(CC(C)C)c2n1. The second-order valence-electron chi connectivity index (χ2n) is 8.79. The highest BCUT2D eigenvalue weighted by Gasteiger charge is 2.19. The molecular formula is C24H29N5O5S. The van der Waals surface area contributed by atoms with Crippen molar-refractivity contribution in [2.24, 2.45) is 13.0 Å². The Balaban J connectivity index is 1.46. The molecule has 1 aliphatic heterocycles. The number of rotatable bonds is 8. The molecule has 3 aromatic rings. The number of nitrogens with zero attached hydrogens (tertiary/aromatic N) is 4. The van der Waals surface area contributed by atoms with Gasteiger partial charge >= 0.3 is 5.69 Å². The van der Waals surface area contributed by atoms with Crippen LogP contribution in [0.1, 0.15) is 25.2 Å². The topological polar surface area (TPSA) is 117 Å². The number of carbonyl (C=O) groups excluding carboxylic acids is 1. The number of aromatic nitrogens is 4. The summed E-state index contributed by atoms with van der Waals surface area (Å²) >= 11 is 1.16. The molecule has 1 aromatic carbocycles. The first kappa shape index (κ1) is 24.8. The molecule has 0 radical (unpaired) electrons. The summed E-state index contributed by atoms with van der Waals surface area (Å²) in [5.41, 5.74) is 0.459. The van der Waals surface area contributed by atoms with E-state index in [1.807, 2.05) is 32.0 Å². The van der Waals surface area contributed by atoms with E-state index in [1.165, 1.54) is 11.6 Å². The molecule has 0 spiro atoms. The molecule has 1 N–H and O–H groups in total. The lowest BCUT2D eigenvalue weighted by atomic mass is 10.1.